The second-order valence-corrected chi connectivity index (χ2v) is 14.6. The van der Waals surface area contributed by atoms with Crippen LogP contribution in [0.15, 0.2) is 87.8 Å². The number of hydrogen-bond acceptors (Lipinski definition) is 4. The lowest BCUT2D eigenvalue weighted by Crippen LogP contribution is -2.51. The molecule has 2 saturated heterocycles. The first kappa shape index (κ1) is 26.8. The Bertz CT molecular complexity index is 1460. The molecule has 4 aliphatic heterocycles. The van der Waals surface area contributed by atoms with Gasteiger partial charge in [0.2, 0.25) is 0 Å². The Kier molecular flexibility index (Phi) is 6.44. The minimum atomic E-state index is 0.188. The molecule has 8 rings (SSSR count). The standard InChI is InChI=1S/C38H47N3O/c1-22(2)29-18-27(25-11-7-6-8-12-25)19-30(23(3)4)36(29)41-33-14-10-9-13-32(33)40-21-26-15-16-28-31-20-39-24(5)17-34(31)42-37(28)35(26)38(40)41/h7,9-14,17-18,20,22-23,26,28,30-31,34-35,37-38H,6,8,15-16,19,21H2,1-5H3. The zero-order valence-corrected chi connectivity index (χ0v) is 26.0. The van der Waals surface area contributed by atoms with E-state index in [1.54, 1.807) is 5.70 Å². The molecule has 7 aliphatic rings. The smallest absolute Gasteiger partial charge is 0.112 e. The van der Waals surface area contributed by atoms with Crippen LogP contribution >= 0.6 is 0 Å². The van der Waals surface area contributed by atoms with Crippen molar-refractivity contribution in [2.24, 2.45) is 46.4 Å². The Labute approximate surface area is 252 Å². The maximum absolute atomic E-state index is 7.08. The van der Waals surface area contributed by atoms with Crippen molar-refractivity contribution in [3.8, 4) is 0 Å². The van der Waals surface area contributed by atoms with Crippen LogP contribution < -0.4 is 9.80 Å². The van der Waals surface area contributed by atoms with Crippen molar-refractivity contribution in [2.45, 2.75) is 85.1 Å². The Balaban J connectivity index is 1.27. The normalized spacial score (nSPS) is 36.5. The summed E-state index contributed by atoms with van der Waals surface area (Å²) in [6, 6.07) is 9.27. The van der Waals surface area contributed by atoms with Crippen molar-refractivity contribution in [1.29, 1.82) is 0 Å². The molecule has 4 nitrogen and oxygen atoms in total. The van der Waals surface area contributed by atoms with Crippen LogP contribution in [0.25, 0.3) is 0 Å². The number of benzene rings is 1. The van der Waals surface area contributed by atoms with Crippen molar-refractivity contribution in [2.75, 3.05) is 16.3 Å². The largest absolute Gasteiger partial charge is 0.369 e. The van der Waals surface area contributed by atoms with Gasteiger partial charge in [-0.1, -0.05) is 64.1 Å². The van der Waals surface area contributed by atoms with Gasteiger partial charge in [0.1, 0.15) is 6.17 Å². The van der Waals surface area contributed by atoms with Crippen LogP contribution in [0, 0.1) is 41.4 Å². The lowest BCUT2D eigenvalue weighted by molar-refractivity contribution is -0.0205. The molecule has 4 heterocycles. The maximum atomic E-state index is 7.08. The molecule has 1 aromatic carbocycles. The third-order valence-electron chi connectivity index (χ3n) is 11.5. The maximum Gasteiger partial charge on any atom is 0.112 e. The molecule has 8 unspecified atom stereocenters. The fourth-order valence-electron chi connectivity index (χ4n) is 9.59. The number of aliphatic imine (C=N–C) groups is 1. The highest BCUT2D eigenvalue weighted by Gasteiger charge is 2.61. The summed E-state index contributed by atoms with van der Waals surface area (Å²) in [4.78, 5) is 10.4. The minimum absolute atomic E-state index is 0.188. The first-order valence-electron chi connectivity index (χ1n) is 16.8. The van der Waals surface area contributed by atoms with Crippen molar-refractivity contribution in [1.82, 2.24) is 0 Å². The number of allylic oxidation sites excluding steroid dienone is 9. The lowest BCUT2D eigenvalue weighted by Gasteiger charge is -2.45. The van der Waals surface area contributed by atoms with Gasteiger partial charge in [0.25, 0.3) is 0 Å². The molecule has 3 fully saturated rings. The third kappa shape index (κ3) is 4.00. The molecule has 0 radical (unpaired) electrons. The zero-order chi connectivity index (χ0) is 28.7. The Morgan fingerprint density at radius 1 is 1.02 bits per heavy atom. The van der Waals surface area contributed by atoms with Crippen molar-refractivity contribution >= 4 is 17.6 Å². The molecule has 0 amide bonds. The van der Waals surface area contributed by atoms with Gasteiger partial charge in [-0.2, -0.15) is 0 Å². The molecule has 0 spiro atoms. The van der Waals surface area contributed by atoms with Crippen molar-refractivity contribution < 1.29 is 4.74 Å². The lowest BCUT2D eigenvalue weighted by atomic mass is 9.68. The van der Waals surface area contributed by atoms with E-state index in [-0.39, 0.29) is 12.2 Å². The van der Waals surface area contributed by atoms with E-state index in [1.165, 1.54) is 47.4 Å². The zero-order valence-electron chi connectivity index (χ0n) is 26.0. The molecule has 0 N–H and O–H groups in total. The molecule has 220 valence electrons. The number of ether oxygens (including phenoxy) is 1. The van der Waals surface area contributed by atoms with E-state index in [0.717, 1.165) is 25.1 Å². The van der Waals surface area contributed by atoms with Gasteiger partial charge in [0.05, 0.1) is 23.6 Å². The van der Waals surface area contributed by atoms with Crippen LogP contribution in [0.3, 0.4) is 0 Å². The fraction of sp³-hybridized carbons (Fsp3) is 0.553. The number of fused-ring (bicyclic) bond motifs is 9. The summed E-state index contributed by atoms with van der Waals surface area (Å²) in [6.07, 6.45) is 21.1. The second-order valence-electron chi connectivity index (χ2n) is 14.6. The highest BCUT2D eigenvalue weighted by molar-refractivity contribution is 5.82. The predicted molar refractivity (Wildman–Crippen MR) is 174 cm³/mol. The van der Waals surface area contributed by atoms with E-state index < -0.39 is 0 Å². The second kappa shape index (κ2) is 10.1. The molecule has 0 aromatic heterocycles. The van der Waals surface area contributed by atoms with Gasteiger partial charge in [0, 0.05) is 41.9 Å². The van der Waals surface area contributed by atoms with E-state index >= 15 is 0 Å². The van der Waals surface area contributed by atoms with Crippen LogP contribution in [-0.4, -0.2) is 31.1 Å². The Morgan fingerprint density at radius 3 is 2.62 bits per heavy atom. The van der Waals surface area contributed by atoms with E-state index in [0.29, 0.717) is 47.6 Å². The van der Waals surface area contributed by atoms with Gasteiger partial charge in [0.15, 0.2) is 0 Å². The van der Waals surface area contributed by atoms with Crippen LogP contribution in [0.1, 0.15) is 66.7 Å². The summed E-state index contributed by atoms with van der Waals surface area (Å²) in [6.45, 7) is 13.0. The average molecular weight is 562 g/mol. The number of rotatable bonds is 4. The predicted octanol–water partition coefficient (Wildman–Crippen LogP) is 8.46. The van der Waals surface area contributed by atoms with Crippen LogP contribution in [0.5, 0.6) is 0 Å². The number of hydrogen-bond donors (Lipinski definition) is 0. The van der Waals surface area contributed by atoms with Crippen LogP contribution in [0.2, 0.25) is 0 Å². The summed E-state index contributed by atoms with van der Waals surface area (Å²) < 4.78 is 7.08. The molecule has 42 heavy (non-hydrogen) atoms. The van der Waals surface area contributed by atoms with E-state index in [1.807, 2.05) is 0 Å². The summed E-state index contributed by atoms with van der Waals surface area (Å²) >= 11 is 0. The van der Waals surface area contributed by atoms with Gasteiger partial charge in [-0.15, -0.1) is 0 Å². The van der Waals surface area contributed by atoms with Gasteiger partial charge in [-0.05, 0) is 97.6 Å². The molecular formula is C38H47N3O. The number of anilines is 2. The highest BCUT2D eigenvalue weighted by atomic mass is 16.5. The van der Waals surface area contributed by atoms with Gasteiger partial charge in [-0.25, -0.2) is 0 Å². The molecule has 1 aromatic rings. The van der Waals surface area contributed by atoms with Gasteiger partial charge < -0.3 is 14.5 Å². The van der Waals surface area contributed by atoms with E-state index in [4.69, 9.17) is 9.73 Å². The first-order valence-corrected chi connectivity index (χ1v) is 16.8. The van der Waals surface area contributed by atoms with Crippen LogP contribution in [-0.2, 0) is 4.74 Å². The number of nitrogens with zero attached hydrogens (tertiary/aromatic N) is 3. The van der Waals surface area contributed by atoms with Gasteiger partial charge >= 0.3 is 0 Å². The molecular weight excluding hydrogens is 514 g/mol. The minimum Gasteiger partial charge on any atom is -0.369 e. The topological polar surface area (TPSA) is 28.1 Å². The van der Waals surface area contributed by atoms with E-state index in [2.05, 4.69) is 105 Å². The Hall–Kier alpha value is -2.85. The monoisotopic (exact) mass is 561 g/mol. The van der Waals surface area contributed by atoms with Crippen molar-refractivity contribution in [3.63, 3.8) is 0 Å². The highest BCUT2D eigenvalue weighted by Crippen LogP contribution is 2.59. The summed E-state index contributed by atoms with van der Waals surface area (Å²) in [5.74, 6) is 3.65. The number of para-hydroxylation sites is 2. The Morgan fingerprint density at radius 2 is 1.86 bits per heavy atom. The molecule has 0 bridgehead atoms. The SMILES string of the molecule is CC1=CC2OC3C(CCC4CN5c6ccccc6N(C6=C(C(C)C)C=C(C7=CCCC=C7)CC6C(C)C)C5C43)C2C=N1. The molecule has 4 heteroatoms. The first-order chi connectivity index (χ1) is 20.4. The summed E-state index contributed by atoms with van der Waals surface area (Å²) in [5, 5.41) is 0. The van der Waals surface area contributed by atoms with Crippen LogP contribution in [0.4, 0.5) is 11.4 Å². The molecule has 8 atom stereocenters. The average Bonchev–Trinajstić information content (AvgIpc) is 3.65. The quantitative estimate of drug-likeness (QED) is 0.369. The van der Waals surface area contributed by atoms with E-state index in [9.17, 15) is 0 Å². The molecule has 3 aliphatic carbocycles. The summed E-state index contributed by atoms with van der Waals surface area (Å²) in [5.41, 5.74) is 10.0. The summed E-state index contributed by atoms with van der Waals surface area (Å²) in [7, 11) is 0. The molecule has 1 saturated carbocycles. The van der Waals surface area contributed by atoms with Gasteiger partial charge in [-0.3, -0.25) is 4.99 Å². The fourth-order valence-corrected chi connectivity index (χ4v) is 9.59. The van der Waals surface area contributed by atoms with Crippen molar-refractivity contribution in [3.05, 3.63) is 82.8 Å². The third-order valence-corrected chi connectivity index (χ3v) is 11.5.